The van der Waals surface area contributed by atoms with Crippen LogP contribution in [-0.4, -0.2) is 41.1 Å². The maximum Gasteiger partial charge on any atom is 0.262 e. The van der Waals surface area contributed by atoms with Crippen molar-refractivity contribution in [3.63, 3.8) is 0 Å². The van der Waals surface area contributed by atoms with E-state index in [-0.39, 0.29) is 24.3 Å². The van der Waals surface area contributed by atoms with Gasteiger partial charge in [-0.05, 0) is 48.2 Å². The highest BCUT2D eigenvalue weighted by molar-refractivity contribution is 6.23. The van der Waals surface area contributed by atoms with Gasteiger partial charge >= 0.3 is 0 Å². The second-order valence-electron chi connectivity index (χ2n) is 7.79. The van der Waals surface area contributed by atoms with Gasteiger partial charge in [0.05, 0.1) is 11.1 Å². The summed E-state index contributed by atoms with van der Waals surface area (Å²) in [7, 11) is 0. The van der Waals surface area contributed by atoms with Gasteiger partial charge in [0.2, 0.25) is 11.8 Å². The number of piperidine rings is 1. The summed E-state index contributed by atoms with van der Waals surface area (Å²) >= 11 is 0. The standard InChI is InChI=1S/C23H24N4O4/c24-10-9-14-1-3-15(4-2-14)12-25-13-16-5-6-17-18(11-16)23(31)27(22(17)30)19-7-8-20(28)26-21(19)29/h1-6,11,19,25H,7-10,12-13,24H2,(H,26,28,29). The third-order valence-electron chi connectivity index (χ3n) is 5.62. The summed E-state index contributed by atoms with van der Waals surface area (Å²) in [6, 6.07) is 12.4. The summed E-state index contributed by atoms with van der Waals surface area (Å²) in [4.78, 5) is 50.1. The monoisotopic (exact) mass is 420 g/mol. The van der Waals surface area contributed by atoms with E-state index < -0.39 is 23.8 Å². The van der Waals surface area contributed by atoms with Crippen LogP contribution in [0.2, 0.25) is 0 Å². The van der Waals surface area contributed by atoms with Crippen molar-refractivity contribution in [3.05, 3.63) is 70.3 Å². The van der Waals surface area contributed by atoms with Crippen molar-refractivity contribution in [2.24, 2.45) is 5.73 Å². The number of carbonyl (C=O) groups excluding carboxylic acids is 4. The maximum atomic E-state index is 12.9. The molecule has 2 aliphatic heterocycles. The molecule has 4 amide bonds. The molecule has 8 heteroatoms. The quantitative estimate of drug-likeness (QED) is 0.572. The molecule has 1 saturated heterocycles. The van der Waals surface area contributed by atoms with Gasteiger partial charge in [0, 0.05) is 19.5 Å². The Balaban J connectivity index is 1.41. The van der Waals surface area contributed by atoms with Crippen molar-refractivity contribution in [2.45, 2.75) is 38.4 Å². The summed E-state index contributed by atoms with van der Waals surface area (Å²) in [6.45, 7) is 1.81. The molecule has 160 valence electrons. The smallest absolute Gasteiger partial charge is 0.262 e. The molecule has 31 heavy (non-hydrogen) atoms. The third-order valence-corrected chi connectivity index (χ3v) is 5.62. The lowest BCUT2D eigenvalue weighted by molar-refractivity contribution is -0.136. The van der Waals surface area contributed by atoms with Gasteiger partial charge in [-0.1, -0.05) is 30.3 Å². The number of hydrogen-bond donors (Lipinski definition) is 3. The Hall–Kier alpha value is -3.36. The Bertz CT molecular complexity index is 1050. The molecule has 2 aromatic rings. The van der Waals surface area contributed by atoms with Gasteiger partial charge in [-0.25, -0.2) is 0 Å². The second kappa shape index (κ2) is 8.79. The minimum atomic E-state index is -0.950. The molecule has 2 aliphatic rings. The highest BCUT2D eigenvalue weighted by Crippen LogP contribution is 2.28. The number of nitrogens with one attached hydrogen (secondary N) is 2. The summed E-state index contributed by atoms with van der Waals surface area (Å²) < 4.78 is 0. The van der Waals surface area contributed by atoms with Gasteiger partial charge in [-0.3, -0.25) is 29.4 Å². The van der Waals surface area contributed by atoms with Crippen LogP contribution in [-0.2, 0) is 29.1 Å². The van der Waals surface area contributed by atoms with Crippen molar-refractivity contribution >= 4 is 23.6 Å². The van der Waals surface area contributed by atoms with Gasteiger partial charge in [-0.2, -0.15) is 0 Å². The van der Waals surface area contributed by atoms with Crippen molar-refractivity contribution in [2.75, 3.05) is 6.54 Å². The van der Waals surface area contributed by atoms with E-state index in [2.05, 4.69) is 34.9 Å². The summed E-state index contributed by atoms with van der Waals surface area (Å²) in [6.07, 6.45) is 1.10. The fourth-order valence-corrected chi connectivity index (χ4v) is 3.97. The molecular weight excluding hydrogens is 396 g/mol. The molecule has 2 aromatic carbocycles. The van der Waals surface area contributed by atoms with E-state index in [9.17, 15) is 19.2 Å². The Morgan fingerprint density at radius 2 is 1.55 bits per heavy atom. The second-order valence-corrected chi connectivity index (χ2v) is 7.79. The lowest BCUT2D eigenvalue weighted by Crippen LogP contribution is -2.54. The first-order valence-corrected chi connectivity index (χ1v) is 10.3. The average molecular weight is 420 g/mol. The zero-order valence-corrected chi connectivity index (χ0v) is 17.0. The van der Waals surface area contributed by atoms with Gasteiger partial charge in [0.15, 0.2) is 0 Å². The van der Waals surface area contributed by atoms with Crippen LogP contribution in [0.5, 0.6) is 0 Å². The van der Waals surface area contributed by atoms with Crippen LogP contribution in [0.1, 0.15) is 50.2 Å². The Morgan fingerprint density at radius 3 is 2.26 bits per heavy atom. The Morgan fingerprint density at radius 1 is 0.903 bits per heavy atom. The maximum absolute atomic E-state index is 12.9. The molecule has 0 aromatic heterocycles. The zero-order chi connectivity index (χ0) is 22.0. The number of amides is 4. The first-order valence-electron chi connectivity index (χ1n) is 10.3. The summed E-state index contributed by atoms with van der Waals surface area (Å²) in [5, 5.41) is 5.54. The normalized spacial score (nSPS) is 18.4. The number of hydrogen-bond acceptors (Lipinski definition) is 6. The molecule has 1 fully saturated rings. The van der Waals surface area contributed by atoms with Gasteiger partial charge in [0.25, 0.3) is 11.8 Å². The van der Waals surface area contributed by atoms with E-state index in [0.29, 0.717) is 25.2 Å². The SMILES string of the molecule is NCCc1ccc(CNCc2ccc3c(c2)C(=O)N(C2CCC(=O)NC2=O)C3=O)cc1. The molecule has 1 atom stereocenters. The number of benzene rings is 2. The van der Waals surface area contributed by atoms with Crippen LogP contribution in [0.4, 0.5) is 0 Å². The van der Waals surface area contributed by atoms with Crippen LogP contribution in [0, 0.1) is 0 Å². The van der Waals surface area contributed by atoms with E-state index in [1.807, 2.05) is 0 Å². The Labute approximate surface area is 179 Å². The van der Waals surface area contributed by atoms with Gasteiger partial charge in [0.1, 0.15) is 6.04 Å². The van der Waals surface area contributed by atoms with Crippen molar-refractivity contribution in [1.29, 1.82) is 0 Å². The van der Waals surface area contributed by atoms with E-state index in [0.717, 1.165) is 22.4 Å². The minimum absolute atomic E-state index is 0.103. The fourth-order valence-electron chi connectivity index (χ4n) is 3.97. The molecule has 4 N–H and O–H groups in total. The molecule has 0 radical (unpaired) electrons. The van der Waals surface area contributed by atoms with Gasteiger partial charge < -0.3 is 11.1 Å². The molecule has 4 rings (SSSR count). The predicted molar refractivity (Wildman–Crippen MR) is 113 cm³/mol. The molecule has 0 saturated carbocycles. The molecule has 8 nitrogen and oxygen atoms in total. The summed E-state index contributed by atoms with van der Waals surface area (Å²) in [5.41, 5.74) is 9.35. The van der Waals surface area contributed by atoms with E-state index >= 15 is 0 Å². The Kier molecular flexibility index (Phi) is 5.92. The number of rotatable bonds is 7. The number of imide groups is 2. The minimum Gasteiger partial charge on any atom is -0.330 e. The highest BCUT2D eigenvalue weighted by atomic mass is 16.2. The van der Waals surface area contributed by atoms with Crippen LogP contribution in [0.15, 0.2) is 42.5 Å². The molecule has 0 aliphatic carbocycles. The number of carbonyl (C=O) groups is 4. The lowest BCUT2D eigenvalue weighted by atomic mass is 10.0. The molecule has 2 heterocycles. The molecule has 0 spiro atoms. The lowest BCUT2D eigenvalue weighted by Gasteiger charge is -2.27. The summed E-state index contributed by atoms with van der Waals surface area (Å²) in [5.74, 6) is -1.98. The molecular formula is C23H24N4O4. The van der Waals surface area contributed by atoms with Crippen molar-refractivity contribution in [1.82, 2.24) is 15.5 Å². The molecule has 0 bridgehead atoms. The molecule has 1 unspecified atom stereocenters. The largest absolute Gasteiger partial charge is 0.330 e. The number of nitrogens with two attached hydrogens (primary N) is 1. The predicted octanol–water partition coefficient (Wildman–Crippen LogP) is 0.879. The first kappa shape index (κ1) is 20.9. The van der Waals surface area contributed by atoms with E-state index in [4.69, 9.17) is 5.73 Å². The van der Waals surface area contributed by atoms with E-state index in [1.165, 1.54) is 5.56 Å². The number of nitrogens with zero attached hydrogens (tertiary/aromatic N) is 1. The topological polar surface area (TPSA) is 122 Å². The van der Waals surface area contributed by atoms with Crippen molar-refractivity contribution < 1.29 is 19.2 Å². The number of fused-ring (bicyclic) bond motifs is 1. The highest BCUT2D eigenvalue weighted by Gasteiger charge is 2.44. The zero-order valence-electron chi connectivity index (χ0n) is 17.0. The van der Waals surface area contributed by atoms with Crippen LogP contribution in [0.3, 0.4) is 0 Å². The van der Waals surface area contributed by atoms with Crippen LogP contribution < -0.4 is 16.4 Å². The van der Waals surface area contributed by atoms with Gasteiger partial charge in [-0.15, -0.1) is 0 Å². The fraction of sp³-hybridized carbons (Fsp3) is 0.304. The van der Waals surface area contributed by atoms with Crippen LogP contribution >= 0.6 is 0 Å². The van der Waals surface area contributed by atoms with Crippen LogP contribution in [0.25, 0.3) is 0 Å². The first-order chi connectivity index (χ1) is 15.0. The van der Waals surface area contributed by atoms with E-state index in [1.54, 1.807) is 18.2 Å². The average Bonchev–Trinajstić information content (AvgIpc) is 3.00. The third kappa shape index (κ3) is 4.26. The van der Waals surface area contributed by atoms with Crippen molar-refractivity contribution in [3.8, 4) is 0 Å².